The highest BCUT2D eigenvalue weighted by molar-refractivity contribution is 5.73. The zero-order valence-electron chi connectivity index (χ0n) is 11.8. The van der Waals surface area contributed by atoms with E-state index in [4.69, 9.17) is 15.6 Å². The molecule has 5 nitrogen and oxygen atoms in total. The van der Waals surface area contributed by atoms with Crippen molar-refractivity contribution in [1.82, 2.24) is 4.90 Å². The Morgan fingerprint density at radius 2 is 2.35 bits per heavy atom. The second kappa shape index (κ2) is 6.61. The number of hydrogen-bond acceptors (Lipinski definition) is 4. The predicted molar refractivity (Wildman–Crippen MR) is 78.0 cm³/mol. The van der Waals surface area contributed by atoms with Crippen molar-refractivity contribution in [3.63, 3.8) is 0 Å². The van der Waals surface area contributed by atoms with Crippen LogP contribution in [0, 0.1) is 0 Å². The van der Waals surface area contributed by atoms with Gasteiger partial charge in [-0.25, -0.2) is 0 Å². The fourth-order valence-corrected chi connectivity index (χ4v) is 2.69. The number of nitrogens with two attached hydrogens (primary N) is 1. The topological polar surface area (TPSA) is 75.8 Å². The van der Waals surface area contributed by atoms with Gasteiger partial charge in [0.2, 0.25) is 0 Å². The van der Waals surface area contributed by atoms with Crippen molar-refractivity contribution in [2.75, 3.05) is 25.4 Å². The van der Waals surface area contributed by atoms with E-state index in [1.165, 1.54) is 0 Å². The Balaban J connectivity index is 1.94. The van der Waals surface area contributed by atoms with E-state index in [1.807, 2.05) is 30.0 Å². The molecule has 1 heterocycles. The second-order valence-corrected chi connectivity index (χ2v) is 5.09. The maximum Gasteiger partial charge on any atom is 0.320 e. The number of nitrogens with zero attached hydrogens (tertiary/aromatic N) is 1. The van der Waals surface area contributed by atoms with Crippen molar-refractivity contribution in [1.29, 1.82) is 0 Å². The molecule has 1 saturated heterocycles. The zero-order valence-corrected chi connectivity index (χ0v) is 11.8. The Labute approximate surface area is 119 Å². The van der Waals surface area contributed by atoms with Crippen LogP contribution in [0.1, 0.15) is 25.3 Å². The van der Waals surface area contributed by atoms with Crippen LogP contribution in [0.4, 0.5) is 5.69 Å². The van der Waals surface area contributed by atoms with E-state index in [0.29, 0.717) is 18.0 Å². The average Bonchev–Trinajstić information content (AvgIpc) is 2.88. The Morgan fingerprint density at radius 1 is 1.55 bits per heavy atom. The number of hydrogen-bond donors (Lipinski definition) is 2. The van der Waals surface area contributed by atoms with Crippen molar-refractivity contribution in [2.45, 2.75) is 32.2 Å². The average molecular weight is 278 g/mol. The first-order valence-corrected chi connectivity index (χ1v) is 7.10. The summed E-state index contributed by atoms with van der Waals surface area (Å²) in [7, 11) is 0. The van der Waals surface area contributed by atoms with E-state index in [0.717, 1.165) is 37.9 Å². The first kappa shape index (κ1) is 14.7. The number of likely N-dealkylation sites (tertiary alicyclic amines) is 1. The normalized spacial score (nSPS) is 19.1. The molecular formula is C15H22N2O3. The van der Waals surface area contributed by atoms with Crippen LogP contribution >= 0.6 is 0 Å². The number of nitrogen functional groups attached to an aromatic ring is 1. The Morgan fingerprint density at radius 3 is 3.00 bits per heavy atom. The largest absolute Gasteiger partial charge is 0.492 e. The van der Waals surface area contributed by atoms with Crippen molar-refractivity contribution in [3.8, 4) is 5.75 Å². The number of anilines is 1. The SMILES string of the molecule is CCOc1ccc(CCN2CCCC2C(=O)O)cc1N. The van der Waals surface area contributed by atoms with Gasteiger partial charge in [0.1, 0.15) is 11.8 Å². The van der Waals surface area contributed by atoms with Crippen LogP contribution in [-0.2, 0) is 11.2 Å². The van der Waals surface area contributed by atoms with Gasteiger partial charge in [0.15, 0.2) is 0 Å². The van der Waals surface area contributed by atoms with Gasteiger partial charge in [-0.3, -0.25) is 9.69 Å². The quantitative estimate of drug-likeness (QED) is 0.775. The van der Waals surface area contributed by atoms with Gasteiger partial charge in [-0.1, -0.05) is 6.07 Å². The Hall–Kier alpha value is -1.75. The number of benzene rings is 1. The fraction of sp³-hybridized carbons (Fsp3) is 0.533. The van der Waals surface area contributed by atoms with Gasteiger partial charge < -0.3 is 15.6 Å². The minimum absolute atomic E-state index is 0.324. The lowest BCUT2D eigenvalue weighted by Crippen LogP contribution is -2.37. The maximum absolute atomic E-state index is 11.1. The van der Waals surface area contributed by atoms with Crippen LogP contribution < -0.4 is 10.5 Å². The minimum Gasteiger partial charge on any atom is -0.492 e. The monoisotopic (exact) mass is 278 g/mol. The van der Waals surface area contributed by atoms with E-state index in [2.05, 4.69) is 0 Å². The lowest BCUT2D eigenvalue weighted by Gasteiger charge is -2.21. The minimum atomic E-state index is -0.714. The molecule has 0 bridgehead atoms. The molecule has 20 heavy (non-hydrogen) atoms. The molecule has 3 N–H and O–H groups in total. The molecular weight excluding hydrogens is 256 g/mol. The van der Waals surface area contributed by atoms with Crippen LogP contribution in [0.2, 0.25) is 0 Å². The molecule has 0 amide bonds. The third-order valence-electron chi connectivity index (χ3n) is 3.71. The van der Waals surface area contributed by atoms with Gasteiger partial charge in [-0.15, -0.1) is 0 Å². The molecule has 1 aromatic carbocycles. The molecule has 1 fully saturated rings. The molecule has 0 radical (unpaired) electrons. The third kappa shape index (κ3) is 3.42. The summed E-state index contributed by atoms with van der Waals surface area (Å²) < 4.78 is 5.40. The van der Waals surface area contributed by atoms with Crippen molar-refractivity contribution in [2.24, 2.45) is 0 Å². The smallest absolute Gasteiger partial charge is 0.320 e. The van der Waals surface area contributed by atoms with Crippen LogP contribution in [0.5, 0.6) is 5.75 Å². The van der Waals surface area contributed by atoms with Gasteiger partial charge in [0.25, 0.3) is 0 Å². The second-order valence-electron chi connectivity index (χ2n) is 5.09. The highest BCUT2D eigenvalue weighted by atomic mass is 16.5. The number of carbonyl (C=O) groups is 1. The predicted octanol–water partition coefficient (Wildman–Crippen LogP) is 1.76. The lowest BCUT2D eigenvalue weighted by molar-refractivity contribution is -0.142. The number of aliphatic carboxylic acids is 1. The van der Waals surface area contributed by atoms with Crippen LogP contribution in [0.3, 0.4) is 0 Å². The van der Waals surface area contributed by atoms with Gasteiger partial charge in [-0.2, -0.15) is 0 Å². The third-order valence-corrected chi connectivity index (χ3v) is 3.71. The van der Waals surface area contributed by atoms with E-state index < -0.39 is 5.97 Å². The molecule has 0 aromatic heterocycles. The van der Waals surface area contributed by atoms with E-state index in [1.54, 1.807) is 0 Å². The van der Waals surface area contributed by atoms with E-state index in [9.17, 15) is 4.79 Å². The molecule has 1 aromatic rings. The highest BCUT2D eigenvalue weighted by Gasteiger charge is 2.29. The summed E-state index contributed by atoms with van der Waals surface area (Å²) in [6.45, 7) is 4.14. The molecule has 2 rings (SSSR count). The summed E-state index contributed by atoms with van der Waals surface area (Å²) in [5, 5.41) is 9.14. The molecule has 5 heteroatoms. The van der Waals surface area contributed by atoms with Crippen LogP contribution in [-0.4, -0.2) is 41.7 Å². The molecule has 110 valence electrons. The first-order chi connectivity index (χ1) is 9.61. The van der Waals surface area contributed by atoms with Gasteiger partial charge in [0.05, 0.1) is 12.3 Å². The number of ether oxygens (including phenoxy) is 1. The number of carboxylic acids is 1. The summed E-state index contributed by atoms with van der Waals surface area (Å²) in [4.78, 5) is 13.2. The van der Waals surface area contributed by atoms with Crippen LogP contribution in [0.25, 0.3) is 0 Å². The van der Waals surface area contributed by atoms with Gasteiger partial charge in [-0.05, 0) is 50.4 Å². The standard InChI is InChI=1S/C15H22N2O3/c1-2-20-14-6-5-11(10-12(14)16)7-9-17-8-3-4-13(17)15(18)19/h5-6,10,13H,2-4,7-9,16H2,1H3,(H,18,19). The van der Waals surface area contributed by atoms with Crippen molar-refractivity contribution < 1.29 is 14.6 Å². The molecule has 0 spiro atoms. The van der Waals surface area contributed by atoms with Gasteiger partial charge >= 0.3 is 5.97 Å². The summed E-state index contributed by atoms with van der Waals surface area (Å²) in [6.07, 6.45) is 2.52. The van der Waals surface area contributed by atoms with E-state index >= 15 is 0 Å². The summed E-state index contributed by atoms with van der Waals surface area (Å²) in [5.74, 6) is -0.00505. The van der Waals surface area contributed by atoms with Crippen molar-refractivity contribution >= 4 is 11.7 Å². The maximum atomic E-state index is 11.1. The lowest BCUT2D eigenvalue weighted by atomic mass is 10.1. The molecule has 1 unspecified atom stereocenters. The molecule has 1 atom stereocenters. The van der Waals surface area contributed by atoms with Crippen molar-refractivity contribution in [3.05, 3.63) is 23.8 Å². The van der Waals surface area contributed by atoms with Gasteiger partial charge in [0, 0.05) is 6.54 Å². The zero-order chi connectivity index (χ0) is 14.5. The number of carboxylic acid groups (broad SMARTS) is 1. The van der Waals surface area contributed by atoms with Crippen LogP contribution in [0.15, 0.2) is 18.2 Å². The molecule has 1 aliphatic heterocycles. The first-order valence-electron chi connectivity index (χ1n) is 7.10. The highest BCUT2D eigenvalue weighted by Crippen LogP contribution is 2.23. The summed E-state index contributed by atoms with van der Waals surface area (Å²) in [6, 6.07) is 5.46. The molecule has 1 aliphatic rings. The number of rotatable bonds is 6. The Kier molecular flexibility index (Phi) is 4.84. The Bertz CT molecular complexity index is 476. The van der Waals surface area contributed by atoms with E-state index in [-0.39, 0.29) is 6.04 Å². The molecule has 0 saturated carbocycles. The summed E-state index contributed by atoms with van der Waals surface area (Å²) in [5.41, 5.74) is 7.69. The fourth-order valence-electron chi connectivity index (χ4n) is 2.69. The summed E-state index contributed by atoms with van der Waals surface area (Å²) >= 11 is 0. The molecule has 0 aliphatic carbocycles.